The van der Waals surface area contributed by atoms with E-state index in [0.29, 0.717) is 19.5 Å². The fraction of sp³-hybridized carbons (Fsp3) is 0.556. The minimum absolute atomic E-state index is 0.00490. The van der Waals surface area contributed by atoms with E-state index in [1.807, 2.05) is 40.9 Å². The quantitative estimate of drug-likeness (QED) is 0.784. The molecule has 2 saturated heterocycles. The molecule has 3 rings (SSSR count). The van der Waals surface area contributed by atoms with Gasteiger partial charge >= 0.3 is 0 Å². The van der Waals surface area contributed by atoms with E-state index in [0.717, 1.165) is 24.5 Å². The van der Waals surface area contributed by atoms with Gasteiger partial charge in [0, 0.05) is 49.0 Å². The van der Waals surface area contributed by atoms with Crippen LogP contribution in [0.25, 0.3) is 0 Å². The third-order valence-electron chi connectivity index (χ3n) is 4.78. The van der Waals surface area contributed by atoms with Crippen molar-refractivity contribution in [3.63, 3.8) is 0 Å². The number of amides is 2. The summed E-state index contributed by atoms with van der Waals surface area (Å²) in [5.74, 6) is 0.254. The lowest BCUT2D eigenvalue weighted by Gasteiger charge is -2.53. The van der Waals surface area contributed by atoms with Gasteiger partial charge in [-0.2, -0.15) is 0 Å². The number of anilines is 1. The highest BCUT2D eigenvalue weighted by Gasteiger charge is 2.49. The zero-order valence-corrected chi connectivity index (χ0v) is 15.4. The van der Waals surface area contributed by atoms with Gasteiger partial charge in [-0.3, -0.25) is 9.59 Å². The number of hydrogen-bond acceptors (Lipinski definition) is 4. The van der Waals surface area contributed by atoms with Crippen LogP contribution in [0.4, 0.5) is 5.00 Å². The summed E-state index contributed by atoms with van der Waals surface area (Å²) in [5, 5.41) is 1.05. The first kappa shape index (κ1) is 17.2. The maximum atomic E-state index is 12.5. The van der Waals surface area contributed by atoms with Crippen molar-refractivity contribution < 1.29 is 9.59 Å². The number of nitrogens with zero attached hydrogens (tertiary/aromatic N) is 3. The summed E-state index contributed by atoms with van der Waals surface area (Å²) in [5.41, 5.74) is 0.00490. The first-order valence-electron chi connectivity index (χ1n) is 8.36. The van der Waals surface area contributed by atoms with E-state index >= 15 is 0 Å². The lowest BCUT2D eigenvalue weighted by atomic mass is 9.71. The van der Waals surface area contributed by atoms with E-state index < -0.39 is 0 Å². The lowest BCUT2D eigenvalue weighted by molar-refractivity contribution is -0.144. The normalized spacial score (nSPS) is 20.2. The maximum absolute atomic E-state index is 12.5. The number of aryl methyl sites for hydroxylation is 1. The van der Waals surface area contributed by atoms with Crippen molar-refractivity contribution in [1.29, 1.82) is 0 Å². The molecule has 2 amide bonds. The van der Waals surface area contributed by atoms with Crippen molar-refractivity contribution in [2.75, 3.05) is 45.2 Å². The van der Waals surface area contributed by atoms with Gasteiger partial charge in [-0.05, 0) is 39.6 Å². The number of rotatable bonds is 4. The molecule has 1 aromatic rings. The highest BCUT2D eigenvalue weighted by molar-refractivity contribution is 7.16. The molecule has 0 aliphatic carbocycles. The molecule has 0 unspecified atom stereocenters. The molecular weight excluding hydrogens is 322 g/mol. The highest BCUT2D eigenvalue weighted by atomic mass is 32.1. The molecule has 1 aromatic heterocycles. The minimum atomic E-state index is 0.00490. The number of likely N-dealkylation sites (tertiary alicyclic amines) is 1. The predicted molar refractivity (Wildman–Crippen MR) is 97.4 cm³/mol. The molecule has 2 aliphatic heterocycles. The van der Waals surface area contributed by atoms with Gasteiger partial charge in [0.1, 0.15) is 0 Å². The van der Waals surface area contributed by atoms with Crippen LogP contribution in [-0.2, 0) is 9.59 Å². The van der Waals surface area contributed by atoms with Gasteiger partial charge in [0.05, 0.1) is 5.00 Å². The fourth-order valence-corrected chi connectivity index (χ4v) is 4.34. The molecule has 0 aromatic carbocycles. The Balaban J connectivity index is 1.53. The summed E-state index contributed by atoms with van der Waals surface area (Å²) in [6, 6.07) is 4.09. The van der Waals surface area contributed by atoms with Crippen LogP contribution in [-0.4, -0.2) is 61.9 Å². The Kier molecular flexibility index (Phi) is 4.78. The lowest BCUT2D eigenvalue weighted by Crippen LogP contribution is -2.62. The molecule has 24 heavy (non-hydrogen) atoms. The van der Waals surface area contributed by atoms with E-state index in [1.165, 1.54) is 4.88 Å². The first-order valence-corrected chi connectivity index (χ1v) is 9.17. The standard InChI is InChI=1S/C18H25N3O2S/c1-14-6-7-17(24-14)21-10-8-18(11-16(21)23)12-20(13-18)15(22)5-4-9-19(2)3/h4-7H,8-13H2,1-3H3/b5-4+. The Morgan fingerprint density at radius 3 is 2.71 bits per heavy atom. The van der Waals surface area contributed by atoms with Crippen molar-refractivity contribution in [3.05, 3.63) is 29.2 Å². The molecule has 5 nitrogen and oxygen atoms in total. The molecule has 3 heterocycles. The average Bonchev–Trinajstić information content (AvgIpc) is 2.90. The van der Waals surface area contributed by atoms with E-state index in [1.54, 1.807) is 17.4 Å². The van der Waals surface area contributed by atoms with Gasteiger partial charge in [0.25, 0.3) is 0 Å². The van der Waals surface area contributed by atoms with Gasteiger partial charge in [0.15, 0.2) is 0 Å². The number of piperidine rings is 1. The number of likely N-dealkylation sites (N-methyl/N-ethyl adjacent to an activating group) is 1. The Morgan fingerprint density at radius 1 is 1.38 bits per heavy atom. The topological polar surface area (TPSA) is 43.9 Å². The van der Waals surface area contributed by atoms with Gasteiger partial charge in [0.2, 0.25) is 11.8 Å². The van der Waals surface area contributed by atoms with E-state index in [4.69, 9.17) is 0 Å². The van der Waals surface area contributed by atoms with Crippen LogP contribution in [0.1, 0.15) is 17.7 Å². The van der Waals surface area contributed by atoms with Crippen LogP contribution in [0.2, 0.25) is 0 Å². The van der Waals surface area contributed by atoms with Crippen molar-refractivity contribution in [2.45, 2.75) is 19.8 Å². The number of thiophene rings is 1. The van der Waals surface area contributed by atoms with Gasteiger partial charge in [-0.15, -0.1) is 11.3 Å². The Bertz CT molecular complexity index is 659. The Hall–Kier alpha value is -1.66. The second-order valence-corrected chi connectivity index (χ2v) is 8.48. The van der Waals surface area contributed by atoms with Gasteiger partial charge < -0.3 is 14.7 Å². The molecule has 2 aliphatic rings. The minimum Gasteiger partial charge on any atom is -0.338 e. The molecule has 2 fully saturated rings. The summed E-state index contributed by atoms with van der Waals surface area (Å²) in [7, 11) is 3.95. The molecule has 0 atom stereocenters. The number of carbonyl (C=O) groups is 2. The monoisotopic (exact) mass is 347 g/mol. The molecular formula is C18H25N3O2S. The van der Waals surface area contributed by atoms with Crippen LogP contribution in [0.5, 0.6) is 0 Å². The molecule has 0 bridgehead atoms. The third-order valence-corrected chi connectivity index (χ3v) is 5.80. The molecule has 0 N–H and O–H groups in total. The van der Waals surface area contributed by atoms with Crippen LogP contribution < -0.4 is 4.90 Å². The highest BCUT2D eigenvalue weighted by Crippen LogP contribution is 2.42. The van der Waals surface area contributed by atoms with Crippen LogP contribution in [0, 0.1) is 12.3 Å². The Morgan fingerprint density at radius 2 is 2.12 bits per heavy atom. The summed E-state index contributed by atoms with van der Waals surface area (Å²) in [6.45, 7) is 5.00. The summed E-state index contributed by atoms with van der Waals surface area (Å²) in [4.78, 5) is 31.7. The zero-order chi connectivity index (χ0) is 17.3. The van der Waals surface area contributed by atoms with E-state index in [-0.39, 0.29) is 17.2 Å². The SMILES string of the molecule is Cc1ccc(N2CCC3(CC2=O)CN(C(=O)/C=C/CN(C)C)C3)s1. The van der Waals surface area contributed by atoms with Crippen molar-refractivity contribution in [2.24, 2.45) is 5.41 Å². The molecule has 0 radical (unpaired) electrons. The average molecular weight is 347 g/mol. The van der Waals surface area contributed by atoms with Crippen molar-refractivity contribution in [1.82, 2.24) is 9.80 Å². The summed E-state index contributed by atoms with van der Waals surface area (Å²) < 4.78 is 0. The van der Waals surface area contributed by atoms with E-state index in [9.17, 15) is 9.59 Å². The predicted octanol–water partition coefficient (Wildman–Crippen LogP) is 2.13. The zero-order valence-electron chi connectivity index (χ0n) is 14.6. The smallest absolute Gasteiger partial charge is 0.246 e. The number of carbonyl (C=O) groups excluding carboxylic acids is 2. The second kappa shape index (κ2) is 6.69. The van der Waals surface area contributed by atoms with Crippen LogP contribution in [0.15, 0.2) is 24.3 Å². The van der Waals surface area contributed by atoms with Crippen molar-refractivity contribution >= 4 is 28.2 Å². The summed E-state index contributed by atoms with van der Waals surface area (Å²) >= 11 is 1.67. The molecule has 0 saturated carbocycles. The first-order chi connectivity index (χ1) is 11.4. The van der Waals surface area contributed by atoms with Crippen LogP contribution >= 0.6 is 11.3 Å². The van der Waals surface area contributed by atoms with E-state index in [2.05, 4.69) is 13.0 Å². The van der Waals surface area contributed by atoms with Crippen LogP contribution in [0.3, 0.4) is 0 Å². The van der Waals surface area contributed by atoms with Gasteiger partial charge in [-0.25, -0.2) is 0 Å². The Labute approximate surface area is 147 Å². The molecule has 130 valence electrons. The molecule has 1 spiro atoms. The largest absolute Gasteiger partial charge is 0.338 e. The summed E-state index contributed by atoms with van der Waals surface area (Å²) in [6.07, 6.45) is 5.06. The van der Waals surface area contributed by atoms with Gasteiger partial charge in [-0.1, -0.05) is 6.08 Å². The van der Waals surface area contributed by atoms with Crippen molar-refractivity contribution in [3.8, 4) is 0 Å². The maximum Gasteiger partial charge on any atom is 0.246 e. The second-order valence-electron chi connectivity index (χ2n) is 7.22. The number of hydrogen-bond donors (Lipinski definition) is 0. The fourth-order valence-electron chi connectivity index (χ4n) is 3.44. The molecule has 6 heteroatoms. The third kappa shape index (κ3) is 3.54.